The number of rotatable bonds is 5. The highest BCUT2D eigenvalue weighted by Crippen LogP contribution is 2.26. The number of carbonyl (C=O) groups is 3. The minimum absolute atomic E-state index is 0.119. The molecule has 0 radical (unpaired) electrons. The maximum atomic E-state index is 12.7. The van der Waals surface area contributed by atoms with Crippen molar-refractivity contribution < 1.29 is 32.7 Å². The number of pyridine rings is 1. The van der Waals surface area contributed by atoms with Crippen LogP contribution < -0.4 is 5.32 Å². The Hall–Kier alpha value is -4.36. The fraction of sp³-hybridized carbons (Fsp3) is 0.318. The highest BCUT2D eigenvalue weighted by molar-refractivity contribution is 5.92. The van der Waals surface area contributed by atoms with Crippen molar-refractivity contribution >= 4 is 17.8 Å². The van der Waals surface area contributed by atoms with E-state index < -0.39 is 12.1 Å². The summed E-state index contributed by atoms with van der Waals surface area (Å²) in [5.41, 5.74) is 1.80. The van der Waals surface area contributed by atoms with E-state index in [-0.39, 0.29) is 24.3 Å². The van der Waals surface area contributed by atoms with E-state index in [1.54, 1.807) is 11.1 Å². The first kappa shape index (κ1) is 26.2. The molecule has 3 aromatic rings. The fourth-order valence-electron chi connectivity index (χ4n) is 3.39. The Labute approximate surface area is 203 Å². The average Bonchev–Trinajstić information content (AvgIpc) is 3.27. The first-order valence-corrected chi connectivity index (χ1v) is 10.7. The third-order valence-corrected chi connectivity index (χ3v) is 5.10. The normalized spacial score (nSPS) is 14.8. The Balaban J connectivity index is 0.000000454. The van der Waals surface area contributed by atoms with Crippen molar-refractivity contribution in [3.63, 3.8) is 0 Å². The smallest absolute Gasteiger partial charge is 0.475 e. The number of carbonyl (C=O) groups excluding carboxylic acids is 2. The van der Waals surface area contributed by atoms with E-state index in [2.05, 4.69) is 25.3 Å². The number of aromatic nitrogens is 5. The summed E-state index contributed by atoms with van der Waals surface area (Å²) < 4.78 is 33.7. The van der Waals surface area contributed by atoms with Crippen molar-refractivity contribution in [2.45, 2.75) is 38.7 Å². The minimum Gasteiger partial charge on any atom is -0.475 e. The van der Waals surface area contributed by atoms with Crippen molar-refractivity contribution in [3.8, 4) is 0 Å². The van der Waals surface area contributed by atoms with Crippen LogP contribution in [0.2, 0.25) is 0 Å². The largest absolute Gasteiger partial charge is 0.490 e. The van der Waals surface area contributed by atoms with Gasteiger partial charge < -0.3 is 19.9 Å². The van der Waals surface area contributed by atoms with E-state index >= 15 is 0 Å². The highest BCUT2D eigenvalue weighted by atomic mass is 19.4. The lowest BCUT2D eigenvalue weighted by atomic mass is 10.2. The molecular weight excluding hydrogens is 483 g/mol. The number of aliphatic carboxylic acids is 1. The van der Waals surface area contributed by atoms with E-state index in [0.717, 1.165) is 11.5 Å². The predicted octanol–water partition coefficient (Wildman–Crippen LogP) is 1.78. The van der Waals surface area contributed by atoms with Crippen molar-refractivity contribution in [1.29, 1.82) is 0 Å². The summed E-state index contributed by atoms with van der Waals surface area (Å²) in [5.74, 6) is -2.28. The van der Waals surface area contributed by atoms with E-state index in [1.165, 1.54) is 18.6 Å². The maximum absolute atomic E-state index is 12.7. The van der Waals surface area contributed by atoms with Gasteiger partial charge in [-0.15, -0.1) is 0 Å². The van der Waals surface area contributed by atoms with Crippen molar-refractivity contribution in [2.24, 2.45) is 0 Å². The zero-order chi connectivity index (χ0) is 26.3. The van der Waals surface area contributed by atoms with Crippen LogP contribution in [0.15, 0.2) is 49.2 Å². The Kier molecular flexibility index (Phi) is 8.30. The molecule has 1 aliphatic heterocycles. The average molecular weight is 505 g/mol. The molecule has 3 aromatic heterocycles. The number of hydrogen-bond donors (Lipinski definition) is 2. The summed E-state index contributed by atoms with van der Waals surface area (Å²) in [5, 5.41) is 9.98. The van der Waals surface area contributed by atoms with Gasteiger partial charge in [-0.1, -0.05) is 6.07 Å². The van der Waals surface area contributed by atoms with Gasteiger partial charge in [0.25, 0.3) is 5.91 Å². The number of halogens is 3. The SMILES string of the molecule is CC1c2nc(CC(=O)NCc3ccccn3)cn2CCN1C(=O)c1cnccn1.O=C(O)C(F)(F)F. The van der Waals surface area contributed by atoms with Gasteiger partial charge in [-0.05, 0) is 19.1 Å². The van der Waals surface area contributed by atoms with Crippen molar-refractivity contribution in [3.05, 3.63) is 72.1 Å². The molecule has 4 rings (SSSR count). The second-order valence-electron chi connectivity index (χ2n) is 7.63. The Morgan fingerprint density at radius 2 is 1.86 bits per heavy atom. The van der Waals surface area contributed by atoms with Crippen LogP contribution in [0, 0.1) is 0 Å². The predicted molar refractivity (Wildman–Crippen MR) is 117 cm³/mol. The number of amides is 2. The van der Waals surface area contributed by atoms with Gasteiger partial charge in [-0.3, -0.25) is 19.6 Å². The number of alkyl halides is 3. The van der Waals surface area contributed by atoms with E-state index in [1.807, 2.05) is 35.9 Å². The van der Waals surface area contributed by atoms with Crippen LogP contribution in [0.5, 0.6) is 0 Å². The molecule has 0 saturated carbocycles. The maximum Gasteiger partial charge on any atom is 0.490 e. The molecule has 0 aromatic carbocycles. The van der Waals surface area contributed by atoms with Crippen LogP contribution in [-0.4, -0.2) is 65.0 Å². The van der Waals surface area contributed by atoms with Crippen LogP contribution in [0.3, 0.4) is 0 Å². The quantitative estimate of drug-likeness (QED) is 0.534. The number of hydrogen-bond acceptors (Lipinski definition) is 7. The summed E-state index contributed by atoms with van der Waals surface area (Å²) >= 11 is 0. The highest BCUT2D eigenvalue weighted by Gasteiger charge is 2.38. The number of fused-ring (bicyclic) bond motifs is 1. The topological polar surface area (TPSA) is 143 Å². The zero-order valence-corrected chi connectivity index (χ0v) is 19.0. The Morgan fingerprint density at radius 1 is 1.11 bits per heavy atom. The molecule has 0 saturated heterocycles. The summed E-state index contributed by atoms with van der Waals surface area (Å²) in [7, 11) is 0. The lowest BCUT2D eigenvalue weighted by Crippen LogP contribution is -2.41. The minimum atomic E-state index is -5.08. The fourth-order valence-corrected chi connectivity index (χ4v) is 3.39. The second kappa shape index (κ2) is 11.4. The molecule has 1 atom stereocenters. The molecule has 14 heteroatoms. The third-order valence-electron chi connectivity index (χ3n) is 5.10. The van der Waals surface area contributed by atoms with Crippen molar-refractivity contribution in [1.82, 2.24) is 34.7 Å². The van der Waals surface area contributed by atoms with Crippen LogP contribution in [0.25, 0.3) is 0 Å². The lowest BCUT2D eigenvalue weighted by molar-refractivity contribution is -0.192. The molecular formula is C22H22F3N7O4. The van der Waals surface area contributed by atoms with Crippen molar-refractivity contribution in [2.75, 3.05) is 6.54 Å². The summed E-state index contributed by atoms with van der Waals surface area (Å²) in [6.45, 7) is 3.47. The molecule has 190 valence electrons. The number of nitrogens with one attached hydrogen (secondary N) is 1. The molecule has 0 spiro atoms. The molecule has 1 aliphatic rings. The lowest BCUT2D eigenvalue weighted by Gasteiger charge is -2.33. The number of carboxylic acid groups (broad SMARTS) is 1. The van der Waals surface area contributed by atoms with Gasteiger partial charge in [0.15, 0.2) is 0 Å². The second-order valence-corrected chi connectivity index (χ2v) is 7.63. The van der Waals surface area contributed by atoms with Crippen LogP contribution in [0.4, 0.5) is 13.2 Å². The molecule has 4 heterocycles. The van der Waals surface area contributed by atoms with Gasteiger partial charge in [-0.2, -0.15) is 13.2 Å². The van der Waals surface area contributed by atoms with Crippen LogP contribution >= 0.6 is 0 Å². The zero-order valence-electron chi connectivity index (χ0n) is 19.0. The number of carboxylic acids is 1. The Morgan fingerprint density at radius 3 is 2.47 bits per heavy atom. The summed E-state index contributed by atoms with van der Waals surface area (Å²) in [6, 6.07) is 5.36. The van der Waals surface area contributed by atoms with Gasteiger partial charge in [0.05, 0.1) is 36.6 Å². The third kappa shape index (κ3) is 6.84. The van der Waals surface area contributed by atoms with Crippen LogP contribution in [0.1, 0.15) is 40.7 Å². The first-order chi connectivity index (χ1) is 17.1. The monoisotopic (exact) mass is 505 g/mol. The Bertz CT molecular complexity index is 1200. The molecule has 0 bridgehead atoms. The standard InChI is InChI=1S/C20H21N7O2.C2HF3O2/c1-14-19-25-16(10-18(28)24-11-15-4-2-3-5-22-15)13-26(19)8-9-27(14)20(29)17-12-21-6-7-23-17;3-2(4,5)1(6)7/h2-7,12-14H,8-11H2,1H3,(H,24,28);(H,6,7). The first-order valence-electron chi connectivity index (χ1n) is 10.7. The molecule has 0 fully saturated rings. The molecule has 11 nitrogen and oxygen atoms in total. The van der Waals surface area contributed by atoms with E-state index in [0.29, 0.717) is 31.0 Å². The summed E-state index contributed by atoms with van der Waals surface area (Å²) in [6.07, 6.45) is 3.18. The molecule has 2 amide bonds. The number of imidazole rings is 1. The van der Waals surface area contributed by atoms with Gasteiger partial charge in [-0.25, -0.2) is 14.8 Å². The van der Waals surface area contributed by atoms with E-state index in [4.69, 9.17) is 9.90 Å². The van der Waals surface area contributed by atoms with E-state index in [9.17, 15) is 22.8 Å². The molecule has 0 aliphatic carbocycles. The number of nitrogens with zero attached hydrogens (tertiary/aromatic N) is 6. The summed E-state index contributed by atoms with van der Waals surface area (Å²) in [4.78, 5) is 52.5. The van der Waals surface area contributed by atoms with Gasteiger partial charge in [0, 0.05) is 37.9 Å². The van der Waals surface area contributed by atoms with Crippen LogP contribution in [-0.2, 0) is 29.1 Å². The van der Waals surface area contributed by atoms with Gasteiger partial charge >= 0.3 is 12.1 Å². The molecule has 1 unspecified atom stereocenters. The van der Waals surface area contributed by atoms with Gasteiger partial charge in [0.2, 0.25) is 5.91 Å². The van der Waals surface area contributed by atoms with Gasteiger partial charge in [0.1, 0.15) is 11.5 Å². The molecule has 36 heavy (non-hydrogen) atoms. The molecule has 2 N–H and O–H groups in total.